The van der Waals surface area contributed by atoms with Crippen molar-refractivity contribution in [3.8, 4) is 0 Å². The molecule has 428 valence electrons. The monoisotopic (exact) mass is 1140 g/mol. The molecule has 0 atom stereocenters. The van der Waals surface area contributed by atoms with E-state index in [9.17, 15) is 51.0 Å². The third-order valence-electron chi connectivity index (χ3n) is 13.1. The van der Waals surface area contributed by atoms with Crippen LogP contribution in [0.2, 0.25) is 0 Å². The number of benzene rings is 6. The van der Waals surface area contributed by atoms with Crippen molar-refractivity contribution < 1.29 is 60.2 Å². The van der Waals surface area contributed by atoms with E-state index >= 15 is 0 Å². The van der Waals surface area contributed by atoms with E-state index in [0.717, 1.165) is 67.5 Å². The molecule has 2 heterocycles. The number of fused-ring (bicyclic) bond motifs is 4. The molecule has 0 unspecified atom stereocenters. The number of nitrogens with two attached hydrogens (primary N) is 3. The van der Waals surface area contributed by atoms with Gasteiger partial charge in [-0.2, -0.15) is 9.13 Å². The van der Waals surface area contributed by atoms with Gasteiger partial charge in [-0.3, -0.25) is 24.0 Å². The number of carbonyl (C=O) groups is 5. The van der Waals surface area contributed by atoms with Crippen molar-refractivity contribution in [1.29, 1.82) is 0 Å². The van der Waals surface area contributed by atoms with Crippen LogP contribution in [0.1, 0.15) is 90.1 Å². The third kappa shape index (κ3) is 15.6. The standard InChI is InChI=1S/2C29H31N3O5S.C2H5NO.H3N/c2*1-21-14-16-22(17-15-21)38(36,37)32(20-8-13-27(33)34)29(35)28-23-9-2-4-11-25(23)31(19-7-6-18-30)26-12-5-3-10-24(26)28;1-2(3)4;/h2*2-5,9-12,14-17H,6-8,13,18-20,30H2,1H3;1H3,(H2,3,4);1H3/p+2. The minimum Gasteiger partial charge on any atom is -0.481 e. The first-order valence-corrected chi connectivity index (χ1v) is 29.2. The van der Waals surface area contributed by atoms with Crippen molar-refractivity contribution in [2.24, 2.45) is 17.2 Å². The molecule has 6 aromatic carbocycles. The van der Waals surface area contributed by atoms with Crippen LogP contribution >= 0.6 is 0 Å². The molecule has 0 aliphatic heterocycles. The predicted octanol–water partition coefficient (Wildman–Crippen LogP) is 7.70. The van der Waals surface area contributed by atoms with Gasteiger partial charge in [0.15, 0.2) is 0 Å². The van der Waals surface area contributed by atoms with Crippen LogP contribution < -0.4 is 32.5 Å². The van der Waals surface area contributed by atoms with Gasteiger partial charge in [0.1, 0.15) is 13.1 Å². The van der Waals surface area contributed by atoms with Crippen LogP contribution in [-0.4, -0.2) is 91.5 Å². The molecule has 2 aromatic heterocycles. The smallest absolute Gasteiger partial charge is 0.303 e. The number of sulfonamides is 2. The molecular weight excluding hydrogens is 1070 g/mol. The van der Waals surface area contributed by atoms with Crippen LogP contribution in [0.15, 0.2) is 155 Å². The zero-order valence-corrected chi connectivity index (χ0v) is 47.5. The summed E-state index contributed by atoms with van der Waals surface area (Å²) in [5.41, 5.74) is 21.5. The quantitative estimate of drug-likeness (QED) is 0.0215. The number of rotatable bonds is 22. The van der Waals surface area contributed by atoms with Gasteiger partial charge in [-0.25, -0.2) is 25.4 Å². The highest BCUT2D eigenvalue weighted by Crippen LogP contribution is 2.31. The minimum atomic E-state index is -4.26. The predicted molar refractivity (Wildman–Crippen MR) is 312 cm³/mol. The topological polar surface area (TPSA) is 321 Å². The lowest BCUT2D eigenvalue weighted by atomic mass is 10.0. The zero-order chi connectivity index (χ0) is 58.1. The Bertz CT molecular complexity index is 3410. The van der Waals surface area contributed by atoms with Gasteiger partial charge in [-0.15, -0.1) is 0 Å². The molecule has 0 bridgehead atoms. The molecule has 8 rings (SSSR count). The number of pyridine rings is 2. The molecule has 81 heavy (non-hydrogen) atoms. The van der Waals surface area contributed by atoms with Crippen LogP contribution in [0.4, 0.5) is 0 Å². The number of amides is 3. The van der Waals surface area contributed by atoms with Gasteiger partial charge in [0, 0.05) is 70.0 Å². The second-order valence-corrected chi connectivity index (χ2v) is 22.8. The Labute approximate surface area is 472 Å². The van der Waals surface area contributed by atoms with Crippen molar-refractivity contribution in [2.75, 3.05) is 26.2 Å². The summed E-state index contributed by atoms with van der Waals surface area (Å²) < 4.78 is 61.1. The van der Waals surface area contributed by atoms with Crippen molar-refractivity contribution in [2.45, 2.75) is 95.0 Å². The maximum Gasteiger partial charge on any atom is 0.303 e. The van der Waals surface area contributed by atoms with E-state index in [1.807, 2.05) is 111 Å². The van der Waals surface area contributed by atoms with Gasteiger partial charge in [-0.1, -0.05) is 83.9 Å². The summed E-state index contributed by atoms with van der Waals surface area (Å²) in [6.07, 6.45) is 2.87. The van der Waals surface area contributed by atoms with Gasteiger partial charge in [0.25, 0.3) is 31.9 Å². The number of aliphatic carboxylic acids is 2. The minimum absolute atomic E-state index is 0. The Morgan fingerprint density at radius 3 is 0.988 bits per heavy atom. The van der Waals surface area contributed by atoms with E-state index in [1.165, 1.54) is 31.2 Å². The molecule has 0 spiro atoms. The fourth-order valence-electron chi connectivity index (χ4n) is 9.34. The average molecular weight is 1150 g/mol. The number of nitrogens with zero attached hydrogens (tertiary/aromatic N) is 4. The molecule has 0 radical (unpaired) electrons. The van der Waals surface area contributed by atoms with Crippen LogP contribution in [-0.2, 0) is 47.5 Å². The summed E-state index contributed by atoms with van der Waals surface area (Å²) >= 11 is 0. The van der Waals surface area contributed by atoms with Crippen LogP contribution in [0.3, 0.4) is 0 Å². The van der Waals surface area contributed by atoms with E-state index in [-0.39, 0.29) is 71.7 Å². The first-order chi connectivity index (χ1) is 38.2. The number of unbranched alkanes of at least 4 members (excludes halogenated alkanes) is 2. The Hall–Kier alpha value is -8.21. The van der Waals surface area contributed by atoms with Crippen molar-refractivity contribution >= 4 is 93.3 Å². The number of aryl methyl sites for hydroxylation is 4. The lowest BCUT2D eigenvalue weighted by molar-refractivity contribution is -0.646. The maximum absolute atomic E-state index is 14.3. The Morgan fingerprint density at radius 2 is 0.728 bits per heavy atom. The molecule has 0 saturated carbocycles. The molecule has 3 amide bonds. The van der Waals surface area contributed by atoms with E-state index in [4.69, 9.17) is 11.5 Å². The summed E-state index contributed by atoms with van der Waals surface area (Å²) in [7, 11) is -8.52. The van der Waals surface area contributed by atoms with Gasteiger partial charge in [0.2, 0.25) is 28.0 Å². The molecule has 19 nitrogen and oxygen atoms in total. The van der Waals surface area contributed by atoms with Crippen LogP contribution in [0.5, 0.6) is 0 Å². The van der Waals surface area contributed by atoms with Gasteiger partial charge in [-0.05, 0) is 101 Å². The van der Waals surface area contributed by atoms with Crippen molar-refractivity contribution in [1.82, 2.24) is 14.8 Å². The van der Waals surface area contributed by atoms with E-state index in [0.29, 0.717) is 47.7 Å². The van der Waals surface area contributed by atoms with Crippen LogP contribution in [0.25, 0.3) is 43.6 Å². The summed E-state index contributed by atoms with van der Waals surface area (Å²) in [6, 6.07) is 42.4. The van der Waals surface area contributed by atoms with E-state index in [1.54, 1.807) is 24.3 Å². The highest BCUT2D eigenvalue weighted by atomic mass is 32.2. The molecule has 8 aromatic rings. The molecule has 0 aliphatic carbocycles. The van der Waals surface area contributed by atoms with Gasteiger partial charge in [0.05, 0.1) is 42.5 Å². The first-order valence-electron chi connectivity index (χ1n) is 26.3. The number of para-hydroxylation sites is 4. The van der Waals surface area contributed by atoms with Crippen LogP contribution in [0, 0.1) is 13.8 Å². The SMILES string of the molecule is CC(N)=O.Cc1ccc(S(=O)(=O)N(CCCC(=O)O)C(=O)c2c3ccccc3[n+](CCCCN)c3ccccc23)cc1.Cc1ccc(S(=O)(=O)N(CCCC(=O)O)C(=O)c2c3ccccc3[n+](CCCCN)c3ccccc23)cc1.N. The zero-order valence-electron chi connectivity index (χ0n) is 45.9. The molecule has 0 aliphatic rings. The Kier molecular flexibility index (Phi) is 23.0. The lowest BCUT2D eigenvalue weighted by Crippen LogP contribution is -2.40. The van der Waals surface area contributed by atoms with Gasteiger partial charge >= 0.3 is 11.9 Å². The van der Waals surface area contributed by atoms with Gasteiger partial charge < -0.3 is 33.6 Å². The molecule has 0 saturated heterocycles. The highest BCUT2D eigenvalue weighted by molar-refractivity contribution is 7.90. The molecule has 0 fully saturated rings. The number of carbonyl (C=O) groups excluding carboxylic acids is 3. The number of hydrogen-bond donors (Lipinski definition) is 6. The number of carboxylic acid groups (broad SMARTS) is 2. The molecule has 11 N–H and O–H groups in total. The fraction of sp³-hybridized carbons (Fsp3) is 0.283. The molecular formula is C60H72N8O11S2+2. The highest BCUT2D eigenvalue weighted by Gasteiger charge is 2.36. The lowest BCUT2D eigenvalue weighted by Gasteiger charge is -2.24. The second kappa shape index (κ2) is 29.3. The molecule has 21 heteroatoms. The number of aromatic nitrogens is 2. The number of hydrogen-bond acceptors (Lipinski definition) is 12. The summed E-state index contributed by atoms with van der Waals surface area (Å²) in [5, 5.41) is 20.9. The fourth-order valence-corrected chi connectivity index (χ4v) is 12.2. The Morgan fingerprint density at radius 1 is 0.457 bits per heavy atom. The Balaban J connectivity index is 0.000000276. The van der Waals surface area contributed by atoms with E-state index in [2.05, 4.69) is 14.9 Å². The van der Waals surface area contributed by atoms with Crippen molar-refractivity contribution in [3.05, 3.63) is 168 Å². The van der Waals surface area contributed by atoms with E-state index < -0.39 is 43.8 Å². The largest absolute Gasteiger partial charge is 0.481 e. The summed E-state index contributed by atoms with van der Waals surface area (Å²) in [6.45, 7) is 7.02. The first kappa shape index (κ1) is 63.6. The summed E-state index contributed by atoms with van der Waals surface area (Å²) in [5.74, 6) is -3.81. The number of primary amides is 1. The second-order valence-electron chi connectivity index (χ2n) is 19.1. The maximum atomic E-state index is 14.3. The number of carboxylic acids is 2. The van der Waals surface area contributed by atoms with Crippen molar-refractivity contribution in [3.63, 3.8) is 0 Å². The normalized spacial score (nSPS) is 11.2. The summed E-state index contributed by atoms with van der Waals surface area (Å²) in [4.78, 5) is 60.2. The average Bonchev–Trinajstić information content (AvgIpc) is 3.50. The third-order valence-corrected chi connectivity index (χ3v) is 16.7.